The Morgan fingerprint density at radius 2 is 2.06 bits per heavy atom. The number of rotatable bonds is 2. The predicted molar refractivity (Wildman–Crippen MR) is 77.4 cm³/mol. The maximum absolute atomic E-state index is 4.90. The summed E-state index contributed by atoms with van der Waals surface area (Å²) in [6.07, 6.45) is 3.56. The lowest BCUT2D eigenvalue weighted by Crippen LogP contribution is -2.04. The zero-order valence-electron chi connectivity index (χ0n) is 11.4. The lowest BCUT2D eigenvalue weighted by Gasteiger charge is -2.15. The lowest BCUT2D eigenvalue weighted by molar-refractivity contribution is 0.901. The van der Waals surface area contributed by atoms with Gasteiger partial charge in [-0.3, -0.25) is 4.98 Å². The Morgan fingerprint density at radius 1 is 1.22 bits per heavy atom. The Balaban J connectivity index is 2.38. The van der Waals surface area contributed by atoms with Crippen molar-refractivity contribution in [2.45, 2.75) is 40.0 Å². The van der Waals surface area contributed by atoms with Crippen molar-refractivity contribution in [2.75, 3.05) is 11.9 Å². The van der Waals surface area contributed by atoms with Gasteiger partial charge in [0.15, 0.2) is 0 Å². The van der Waals surface area contributed by atoms with E-state index < -0.39 is 0 Å². The average Bonchev–Trinajstić information content (AvgIpc) is 2.78. The highest BCUT2D eigenvalue weighted by Crippen LogP contribution is 2.35. The molecule has 0 bridgehead atoms. The highest BCUT2D eigenvalue weighted by molar-refractivity contribution is 5.96. The van der Waals surface area contributed by atoms with E-state index >= 15 is 0 Å². The zero-order valence-corrected chi connectivity index (χ0v) is 11.4. The van der Waals surface area contributed by atoms with E-state index in [9.17, 15) is 0 Å². The fraction of sp³-hybridized carbons (Fsp3) is 0.438. The molecule has 0 aliphatic heterocycles. The summed E-state index contributed by atoms with van der Waals surface area (Å²) in [6, 6.07) is 4.50. The quantitative estimate of drug-likeness (QED) is 0.864. The Hall–Kier alpha value is -1.57. The molecule has 18 heavy (non-hydrogen) atoms. The van der Waals surface area contributed by atoms with Crippen molar-refractivity contribution in [1.29, 1.82) is 0 Å². The lowest BCUT2D eigenvalue weighted by atomic mass is 10.0. The van der Waals surface area contributed by atoms with Gasteiger partial charge < -0.3 is 5.32 Å². The third-order valence-corrected chi connectivity index (χ3v) is 3.80. The number of nitrogens with one attached hydrogen (secondary N) is 1. The van der Waals surface area contributed by atoms with Crippen LogP contribution in [0.15, 0.2) is 12.1 Å². The van der Waals surface area contributed by atoms with Gasteiger partial charge in [-0.25, -0.2) is 0 Å². The molecule has 0 amide bonds. The van der Waals surface area contributed by atoms with Crippen LogP contribution in [0.5, 0.6) is 0 Å². The number of pyridine rings is 1. The maximum Gasteiger partial charge on any atom is 0.0755 e. The standard InChI is InChI=1S/C16H20N2/c1-4-17-16-12-6-5-7-14(12)18-15-11(3)8-10(2)9-13(15)16/h8-9H,4-7H2,1-3H3,(H,17,18). The number of benzene rings is 1. The van der Waals surface area contributed by atoms with Gasteiger partial charge in [-0.05, 0) is 57.2 Å². The maximum atomic E-state index is 4.90. The fourth-order valence-electron chi connectivity index (χ4n) is 3.10. The summed E-state index contributed by atoms with van der Waals surface area (Å²) >= 11 is 0. The Morgan fingerprint density at radius 3 is 2.83 bits per heavy atom. The summed E-state index contributed by atoms with van der Waals surface area (Å²) in [6.45, 7) is 7.46. The van der Waals surface area contributed by atoms with Gasteiger partial charge in [-0.2, -0.15) is 0 Å². The first-order chi connectivity index (χ1) is 8.70. The number of aromatic nitrogens is 1. The molecule has 2 aromatic rings. The minimum absolute atomic E-state index is 0.971. The Kier molecular flexibility index (Phi) is 2.73. The summed E-state index contributed by atoms with van der Waals surface area (Å²) in [5, 5.41) is 4.87. The van der Waals surface area contributed by atoms with Crippen LogP contribution in [-0.2, 0) is 12.8 Å². The molecule has 94 valence electrons. The van der Waals surface area contributed by atoms with Gasteiger partial charge in [0.25, 0.3) is 0 Å². The van der Waals surface area contributed by atoms with Crippen LogP contribution in [-0.4, -0.2) is 11.5 Å². The minimum Gasteiger partial charge on any atom is -0.384 e. The molecule has 0 spiro atoms. The number of nitrogens with zero attached hydrogens (tertiary/aromatic N) is 1. The van der Waals surface area contributed by atoms with E-state index in [4.69, 9.17) is 4.98 Å². The van der Waals surface area contributed by atoms with Crippen molar-refractivity contribution in [3.05, 3.63) is 34.5 Å². The average molecular weight is 240 g/mol. The van der Waals surface area contributed by atoms with Crippen molar-refractivity contribution in [3.63, 3.8) is 0 Å². The van der Waals surface area contributed by atoms with Crippen LogP contribution < -0.4 is 5.32 Å². The van der Waals surface area contributed by atoms with Crippen molar-refractivity contribution in [1.82, 2.24) is 4.98 Å². The molecule has 1 N–H and O–H groups in total. The summed E-state index contributed by atoms with van der Waals surface area (Å²) in [4.78, 5) is 4.90. The number of hydrogen-bond donors (Lipinski definition) is 1. The number of hydrogen-bond acceptors (Lipinski definition) is 2. The normalized spacial score (nSPS) is 13.9. The van der Waals surface area contributed by atoms with Crippen LogP contribution in [0.25, 0.3) is 10.9 Å². The summed E-state index contributed by atoms with van der Waals surface area (Å²) < 4.78 is 0. The van der Waals surface area contributed by atoms with Gasteiger partial charge in [0.2, 0.25) is 0 Å². The van der Waals surface area contributed by atoms with E-state index in [0.717, 1.165) is 13.0 Å². The molecule has 3 rings (SSSR count). The third kappa shape index (κ3) is 1.67. The Bertz CT molecular complexity index is 614. The molecule has 0 fully saturated rings. The largest absolute Gasteiger partial charge is 0.384 e. The second kappa shape index (κ2) is 4.27. The number of aryl methyl sites for hydroxylation is 3. The van der Waals surface area contributed by atoms with Crippen LogP contribution in [0, 0.1) is 13.8 Å². The molecule has 2 nitrogen and oxygen atoms in total. The van der Waals surface area contributed by atoms with E-state index in [2.05, 4.69) is 38.2 Å². The van der Waals surface area contributed by atoms with Gasteiger partial charge in [0.1, 0.15) is 0 Å². The Labute approximate surface area is 108 Å². The molecule has 0 unspecified atom stereocenters. The highest BCUT2D eigenvalue weighted by Gasteiger charge is 2.19. The first kappa shape index (κ1) is 11.5. The van der Waals surface area contributed by atoms with Gasteiger partial charge in [-0.15, -0.1) is 0 Å². The molecule has 1 aliphatic rings. The van der Waals surface area contributed by atoms with Crippen molar-refractivity contribution < 1.29 is 0 Å². The van der Waals surface area contributed by atoms with Crippen LogP contribution >= 0.6 is 0 Å². The molecule has 0 saturated heterocycles. The van der Waals surface area contributed by atoms with Crippen LogP contribution in [0.2, 0.25) is 0 Å². The first-order valence-corrected chi connectivity index (χ1v) is 6.87. The van der Waals surface area contributed by atoms with E-state index in [1.54, 1.807) is 0 Å². The monoisotopic (exact) mass is 240 g/mol. The zero-order chi connectivity index (χ0) is 12.7. The van der Waals surface area contributed by atoms with Gasteiger partial charge >= 0.3 is 0 Å². The summed E-state index contributed by atoms with van der Waals surface area (Å²) in [5.41, 5.74) is 7.89. The van der Waals surface area contributed by atoms with Crippen LogP contribution in [0.4, 0.5) is 5.69 Å². The predicted octanol–water partition coefficient (Wildman–Crippen LogP) is 3.77. The molecule has 0 saturated carbocycles. The number of fused-ring (bicyclic) bond motifs is 2. The second-order valence-corrected chi connectivity index (χ2v) is 5.27. The highest BCUT2D eigenvalue weighted by atomic mass is 14.9. The second-order valence-electron chi connectivity index (χ2n) is 5.27. The third-order valence-electron chi connectivity index (χ3n) is 3.80. The fourth-order valence-corrected chi connectivity index (χ4v) is 3.10. The minimum atomic E-state index is 0.971. The van der Waals surface area contributed by atoms with Crippen molar-refractivity contribution in [3.8, 4) is 0 Å². The summed E-state index contributed by atoms with van der Waals surface area (Å²) in [7, 11) is 0. The molecule has 1 aromatic heterocycles. The molecule has 0 atom stereocenters. The van der Waals surface area contributed by atoms with E-state index in [1.807, 2.05) is 0 Å². The SMILES string of the molecule is CCNc1c2c(nc3c(C)cc(C)cc13)CCC2. The molecule has 1 aromatic carbocycles. The number of anilines is 1. The first-order valence-electron chi connectivity index (χ1n) is 6.87. The molecular weight excluding hydrogens is 220 g/mol. The van der Waals surface area contributed by atoms with Crippen LogP contribution in [0.1, 0.15) is 35.7 Å². The van der Waals surface area contributed by atoms with E-state index in [0.29, 0.717) is 0 Å². The van der Waals surface area contributed by atoms with Gasteiger partial charge in [-0.1, -0.05) is 11.6 Å². The summed E-state index contributed by atoms with van der Waals surface area (Å²) in [5.74, 6) is 0. The van der Waals surface area contributed by atoms with Gasteiger partial charge in [0.05, 0.1) is 5.52 Å². The van der Waals surface area contributed by atoms with E-state index in [1.165, 1.54) is 51.8 Å². The topological polar surface area (TPSA) is 24.9 Å². The molecule has 2 heteroatoms. The molecule has 1 aliphatic carbocycles. The molecular formula is C16H20N2. The molecule has 0 radical (unpaired) electrons. The molecule has 1 heterocycles. The van der Waals surface area contributed by atoms with Gasteiger partial charge in [0, 0.05) is 23.3 Å². The van der Waals surface area contributed by atoms with E-state index in [-0.39, 0.29) is 0 Å². The van der Waals surface area contributed by atoms with Crippen molar-refractivity contribution >= 4 is 16.6 Å². The smallest absolute Gasteiger partial charge is 0.0755 e. The van der Waals surface area contributed by atoms with Crippen molar-refractivity contribution in [2.24, 2.45) is 0 Å². The van der Waals surface area contributed by atoms with Crippen LogP contribution in [0.3, 0.4) is 0 Å².